The highest BCUT2D eigenvalue weighted by Gasteiger charge is 2.28. The molecule has 0 aliphatic heterocycles. The summed E-state index contributed by atoms with van der Waals surface area (Å²) in [7, 11) is -2.51. The SMILES string of the molecule is CCC(OC(=O)[C@H](C)NS(=O)(=O)c1ccc(OC)cc1)C(=O)Nc1cc(C)on1. The minimum absolute atomic E-state index is 0.0378. The molecule has 11 heteroatoms. The maximum Gasteiger partial charge on any atom is 0.324 e. The van der Waals surface area contributed by atoms with Gasteiger partial charge in [0.1, 0.15) is 17.6 Å². The Morgan fingerprint density at radius 1 is 1.24 bits per heavy atom. The number of carbonyl (C=O) groups excluding carboxylic acids is 2. The molecular weight excluding hydrogens is 402 g/mol. The molecule has 1 unspecified atom stereocenters. The van der Waals surface area contributed by atoms with Gasteiger partial charge in [-0.1, -0.05) is 12.1 Å². The van der Waals surface area contributed by atoms with Gasteiger partial charge in [-0.15, -0.1) is 0 Å². The average Bonchev–Trinajstić information content (AvgIpc) is 3.09. The zero-order chi connectivity index (χ0) is 21.6. The van der Waals surface area contributed by atoms with E-state index in [1.807, 2.05) is 0 Å². The van der Waals surface area contributed by atoms with E-state index in [1.165, 1.54) is 44.4 Å². The van der Waals surface area contributed by atoms with Crippen LogP contribution in [0.1, 0.15) is 26.0 Å². The van der Waals surface area contributed by atoms with Crippen LogP contribution in [0.5, 0.6) is 5.75 Å². The van der Waals surface area contributed by atoms with Gasteiger partial charge in [-0.25, -0.2) is 8.42 Å². The summed E-state index contributed by atoms with van der Waals surface area (Å²) < 4.78 is 42.1. The third-order valence-corrected chi connectivity index (χ3v) is 5.41. The van der Waals surface area contributed by atoms with E-state index in [2.05, 4.69) is 15.2 Å². The van der Waals surface area contributed by atoms with E-state index >= 15 is 0 Å². The third-order valence-electron chi connectivity index (χ3n) is 3.86. The molecule has 0 saturated heterocycles. The quantitative estimate of drug-likeness (QED) is 0.578. The Hall–Kier alpha value is -2.92. The van der Waals surface area contributed by atoms with E-state index in [-0.39, 0.29) is 17.1 Å². The highest BCUT2D eigenvalue weighted by Crippen LogP contribution is 2.16. The number of methoxy groups -OCH3 is 1. The molecule has 2 rings (SSSR count). The number of nitrogens with one attached hydrogen (secondary N) is 2. The molecule has 0 fully saturated rings. The minimum atomic E-state index is -3.97. The van der Waals surface area contributed by atoms with Crippen LogP contribution >= 0.6 is 0 Å². The molecule has 0 radical (unpaired) electrons. The fraction of sp³-hybridized carbons (Fsp3) is 0.389. The van der Waals surface area contributed by atoms with E-state index in [1.54, 1.807) is 13.8 Å². The summed E-state index contributed by atoms with van der Waals surface area (Å²) in [6.07, 6.45) is -0.931. The predicted molar refractivity (Wildman–Crippen MR) is 103 cm³/mol. The van der Waals surface area contributed by atoms with Crippen molar-refractivity contribution in [3.63, 3.8) is 0 Å². The van der Waals surface area contributed by atoms with Gasteiger partial charge < -0.3 is 19.3 Å². The average molecular weight is 425 g/mol. The lowest BCUT2D eigenvalue weighted by Gasteiger charge is -2.19. The van der Waals surface area contributed by atoms with Gasteiger partial charge >= 0.3 is 5.97 Å². The van der Waals surface area contributed by atoms with Crippen LogP contribution in [-0.4, -0.2) is 44.7 Å². The zero-order valence-corrected chi connectivity index (χ0v) is 17.3. The topological polar surface area (TPSA) is 137 Å². The summed E-state index contributed by atoms with van der Waals surface area (Å²) >= 11 is 0. The van der Waals surface area contributed by atoms with Crippen LogP contribution in [0.4, 0.5) is 5.82 Å². The van der Waals surface area contributed by atoms with Gasteiger partial charge in [-0.2, -0.15) is 4.72 Å². The lowest BCUT2D eigenvalue weighted by molar-refractivity contribution is -0.155. The molecule has 0 aliphatic rings. The highest BCUT2D eigenvalue weighted by atomic mass is 32.2. The lowest BCUT2D eigenvalue weighted by atomic mass is 10.2. The van der Waals surface area contributed by atoms with Crippen molar-refractivity contribution in [2.75, 3.05) is 12.4 Å². The van der Waals surface area contributed by atoms with Crippen LogP contribution in [0.25, 0.3) is 0 Å². The smallest absolute Gasteiger partial charge is 0.324 e. The van der Waals surface area contributed by atoms with E-state index < -0.39 is 34.0 Å². The number of sulfonamides is 1. The molecule has 1 amide bonds. The first-order chi connectivity index (χ1) is 13.7. The van der Waals surface area contributed by atoms with Gasteiger partial charge in [-0.3, -0.25) is 9.59 Å². The standard InChI is InChI=1S/C18H23N3O7S/c1-5-15(17(22)19-16-10-11(2)28-20-16)27-18(23)12(3)21-29(24,25)14-8-6-13(26-4)7-9-14/h6-10,12,15,21H,5H2,1-4H3,(H,19,20,22)/t12-,15?/m0/s1. The first kappa shape index (κ1) is 22.4. The van der Waals surface area contributed by atoms with Crippen LogP contribution < -0.4 is 14.8 Å². The summed E-state index contributed by atoms with van der Waals surface area (Å²) in [6, 6.07) is 5.97. The molecule has 1 heterocycles. The zero-order valence-electron chi connectivity index (χ0n) is 16.5. The number of benzene rings is 1. The van der Waals surface area contributed by atoms with E-state index in [0.29, 0.717) is 11.5 Å². The molecular formula is C18H23N3O7S. The van der Waals surface area contributed by atoms with Crippen molar-refractivity contribution >= 4 is 27.7 Å². The molecule has 0 bridgehead atoms. The molecule has 0 spiro atoms. The van der Waals surface area contributed by atoms with Crippen LogP contribution in [0.15, 0.2) is 39.8 Å². The predicted octanol–water partition coefficient (Wildman–Crippen LogP) is 1.62. The second-order valence-corrected chi connectivity index (χ2v) is 7.88. The first-order valence-electron chi connectivity index (χ1n) is 8.77. The summed E-state index contributed by atoms with van der Waals surface area (Å²) in [4.78, 5) is 24.5. The number of aromatic nitrogens is 1. The van der Waals surface area contributed by atoms with Crippen LogP contribution in [-0.2, 0) is 24.3 Å². The summed E-state index contributed by atoms with van der Waals surface area (Å²) in [5, 5.41) is 6.10. The maximum absolute atomic E-state index is 12.4. The Bertz CT molecular complexity index is 954. The van der Waals surface area contributed by atoms with E-state index in [9.17, 15) is 18.0 Å². The van der Waals surface area contributed by atoms with Crippen molar-refractivity contribution in [1.29, 1.82) is 0 Å². The number of ether oxygens (including phenoxy) is 2. The second kappa shape index (κ2) is 9.52. The van der Waals surface area contributed by atoms with Gasteiger partial charge in [-0.05, 0) is 44.5 Å². The maximum atomic E-state index is 12.4. The summed E-state index contributed by atoms with van der Waals surface area (Å²) in [6.45, 7) is 4.64. The number of rotatable bonds is 9. The molecule has 2 N–H and O–H groups in total. The molecule has 2 atom stereocenters. The van der Waals surface area contributed by atoms with Crippen LogP contribution in [0.2, 0.25) is 0 Å². The molecule has 29 heavy (non-hydrogen) atoms. The first-order valence-corrected chi connectivity index (χ1v) is 10.3. The van der Waals surface area contributed by atoms with Gasteiger partial charge in [0.05, 0.1) is 12.0 Å². The minimum Gasteiger partial charge on any atom is -0.497 e. The number of hydrogen-bond donors (Lipinski definition) is 2. The van der Waals surface area contributed by atoms with Crippen molar-refractivity contribution in [2.24, 2.45) is 0 Å². The van der Waals surface area contributed by atoms with Crippen LogP contribution in [0.3, 0.4) is 0 Å². The van der Waals surface area contributed by atoms with Gasteiger partial charge in [0, 0.05) is 6.07 Å². The number of nitrogens with zero attached hydrogens (tertiary/aromatic N) is 1. The lowest BCUT2D eigenvalue weighted by Crippen LogP contribution is -2.42. The monoisotopic (exact) mass is 425 g/mol. The Balaban J connectivity index is 1.99. The van der Waals surface area contributed by atoms with Crippen molar-refractivity contribution in [1.82, 2.24) is 9.88 Å². The van der Waals surface area contributed by atoms with Crippen LogP contribution in [0, 0.1) is 6.92 Å². The molecule has 1 aromatic heterocycles. The Morgan fingerprint density at radius 3 is 2.41 bits per heavy atom. The van der Waals surface area contributed by atoms with Crippen molar-refractivity contribution in [2.45, 2.75) is 44.2 Å². The number of anilines is 1. The Morgan fingerprint density at radius 2 is 1.90 bits per heavy atom. The normalized spacial score (nSPS) is 13.4. The molecule has 10 nitrogen and oxygen atoms in total. The van der Waals surface area contributed by atoms with Gasteiger partial charge in [0.15, 0.2) is 11.9 Å². The van der Waals surface area contributed by atoms with Gasteiger partial charge in [0.25, 0.3) is 5.91 Å². The number of hydrogen-bond acceptors (Lipinski definition) is 8. The molecule has 158 valence electrons. The molecule has 1 aromatic carbocycles. The fourth-order valence-corrected chi connectivity index (χ4v) is 3.49. The highest BCUT2D eigenvalue weighted by molar-refractivity contribution is 7.89. The number of carbonyl (C=O) groups is 2. The van der Waals surface area contributed by atoms with E-state index in [4.69, 9.17) is 14.0 Å². The fourth-order valence-electron chi connectivity index (χ4n) is 2.30. The second-order valence-electron chi connectivity index (χ2n) is 6.16. The van der Waals surface area contributed by atoms with Gasteiger partial charge in [0.2, 0.25) is 10.0 Å². The third kappa shape index (κ3) is 6.03. The molecule has 2 aromatic rings. The number of amides is 1. The van der Waals surface area contributed by atoms with Crippen molar-refractivity contribution in [3.05, 3.63) is 36.1 Å². The Kier molecular flexibility index (Phi) is 7.35. The molecule has 0 saturated carbocycles. The van der Waals surface area contributed by atoms with Crippen molar-refractivity contribution < 1.29 is 32.0 Å². The summed E-state index contributed by atoms with van der Waals surface area (Å²) in [5.41, 5.74) is 0. The number of aryl methyl sites for hydroxylation is 1. The van der Waals surface area contributed by atoms with Crippen molar-refractivity contribution in [3.8, 4) is 5.75 Å². The Labute approximate surface area is 168 Å². The van der Waals surface area contributed by atoms with E-state index in [0.717, 1.165) is 0 Å². The summed E-state index contributed by atoms with van der Waals surface area (Å²) in [5.74, 6) is -0.294. The molecule has 0 aliphatic carbocycles. The number of esters is 1. The largest absolute Gasteiger partial charge is 0.497 e.